The molecule has 0 unspecified atom stereocenters. The van der Waals surface area contributed by atoms with Crippen molar-refractivity contribution in [3.05, 3.63) is 84.1 Å². The van der Waals surface area contributed by atoms with E-state index < -0.39 is 17.6 Å². The molecular formula is C29H32F3N5O. The van der Waals surface area contributed by atoms with Gasteiger partial charge in [0.2, 0.25) is 5.95 Å². The maximum Gasteiger partial charge on any atom is 0.416 e. The molecule has 1 N–H and O–H groups in total. The second-order valence-corrected chi connectivity index (χ2v) is 10.1. The lowest BCUT2D eigenvalue weighted by molar-refractivity contribution is -0.137. The van der Waals surface area contributed by atoms with Crippen molar-refractivity contribution in [1.82, 2.24) is 19.4 Å². The predicted octanol–water partition coefficient (Wildman–Crippen LogP) is 6.24. The van der Waals surface area contributed by atoms with E-state index in [1.54, 1.807) is 6.08 Å². The van der Waals surface area contributed by atoms with Crippen LogP contribution in [0.5, 0.6) is 0 Å². The fourth-order valence-electron chi connectivity index (χ4n) is 5.47. The number of hydrogen-bond acceptors (Lipinski definition) is 4. The van der Waals surface area contributed by atoms with Crippen molar-refractivity contribution in [2.45, 2.75) is 44.4 Å². The van der Waals surface area contributed by atoms with Crippen molar-refractivity contribution >= 4 is 22.9 Å². The van der Waals surface area contributed by atoms with Gasteiger partial charge in [-0.3, -0.25) is 15.0 Å². The minimum absolute atomic E-state index is 0.00769. The van der Waals surface area contributed by atoms with E-state index in [1.165, 1.54) is 25.0 Å². The summed E-state index contributed by atoms with van der Waals surface area (Å²) >= 11 is 0. The molecule has 1 aromatic heterocycles. The van der Waals surface area contributed by atoms with Crippen molar-refractivity contribution in [2.24, 2.45) is 0 Å². The molecule has 0 radical (unpaired) electrons. The zero-order chi connectivity index (χ0) is 26.9. The normalized spacial score (nSPS) is 18.6. The second-order valence-electron chi connectivity index (χ2n) is 10.1. The standard InChI is InChI=1S/C29H32F3N5O/c1-3-20(2)36-15-7-10-24(19-36)37-26-12-11-21(18-35-13-4-5-14-35)16-25(26)33-28(37)34-27(38)22-8-6-9-23(17-22)29(30,31)32/h3,6,8-9,11-12,16-17,24H,1-2,4-5,7,10,13-15,18-19H2,(H,33,34,38)/t24-/m1/s1. The Kier molecular flexibility index (Phi) is 7.29. The van der Waals surface area contributed by atoms with E-state index in [0.717, 1.165) is 73.4 Å². The molecule has 2 aliphatic rings. The van der Waals surface area contributed by atoms with Crippen LogP contribution in [-0.2, 0) is 12.7 Å². The molecule has 0 spiro atoms. The summed E-state index contributed by atoms with van der Waals surface area (Å²) in [6, 6.07) is 10.6. The molecule has 2 saturated heterocycles. The Bertz CT molecular complexity index is 1360. The highest BCUT2D eigenvalue weighted by Crippen LogP contribution is 2.33. The van der Waals surface area contributed by atoms with Crippen molar-refractivity contribution in [1.29, 1.82) is 0 Å². The molecule has 2 aromatic carbocycles. The number of hydrogen-bond donors (Lipinski definition) is 1. The number of benzene rings is 2. The average Bonchev–Trinajstić information content (AvgIpc) is 3.55. The van der Waals surface area contributed by atoms with Gasteiger partial charge >= 0.3 is 6.18 Å². The van der Waals surface area contributed by atoms with Gasteiger partial charge in [0.15, 0.2) is 0 Å². The van der Waals surface area contributed by atoms with Gasteiger partial charge in [-0.25, -0.2) is 4.98 Å². The molecule has 200 valence electrons. The molecule has 3 heterocycles. The summed E-state index contributed by atoms with van der Waals surface area (Å²) in [6.45, 7) is 12.5. The number of nitrogens with zero attached hydrogens (tertiary/aromatic N) is 4. The van der Waals surface area contributed by atoms with Crippen LogP contribution in [0, 0.1) is 0 Å². The first kappa shape index (κ1) is 26.0. The molecule has 2 aliphatic heterocycles. The maximum atomic E-state index is 13.2. The molecule has 0 saturated carbocycles. The number of amides is 1. The first-order valence-corrected chi connectivity index (χ1v) is 13.0. The topological polar surface area (TPSA) is 53.4 Å². The molecule has 1 amide bonds. The van der Waals surface area contributed by atoms with E-state index in [0.29, 0.717) is 12.5 Å². The third kappa shape index (κ3) is 5.48. The maximum absolute atomic E-state index is 13.2. The number of nitrogens with one attached hydrogen (secondary N) is 1. The van der Waals surface area contributed by atoms with Crippen LogP contribution < -0.4 is 5.32 Å². The number of aromatic nitrogens is 2. The van der Waals surface area contributed by atoms with Gasteiger partial charge in [0, 0.05) is 30.9 Å². The van der Waals surface area contributed by atoms with Gasteiger partial charge < -0.3 is 9.47 Å². The number of imidazole rings is 1. The Hall–Kier alpha value is -3.59. The largest absolute Gasteiger partial charge is 0.416 e. The van der Waals surface area contributed by atoms with Gasteiger partial charge in [0.05, 0.1) is 22.6 Å². The van der Waals surface area contributed by atoms with Crippen LogP contribution in [0.1, 0.15) is 53.2 Å². The number of alkyl halides is 3. The summed E-state index contributed by atoms with van der Waals surface area (Å²) in [7, 11) is 0. The molecule has 38 heavy (non-hydrogen) atoms. The third-order valence-corrected chi connectivity index (χ3v) is 7.44. The van der Waals surface area contributed by atoms with Crippen LogP contribution >= 0.6 is 0 Å². The number of halogens is 3. The molecule has 6 nitrogen and oxygen atoms in total. The van der Waals surface area contributed by atoms with Gasteiger partial charge in [0.1, 0.15) is 0 Å². The van der Waals surface area contributed by atoms with Crippen molar-refractivity contribution < 1.29 is 18.0 Å². The Morgan fingerprint density at radius 3 is 2.63 bits per heavy atom. The highest BCUT2D eigenvalue weighted by atomic mass is 19.4. The highest BCUT2D eigenvalue weighted by Gasteiger charge is 2.31. The predicted molar refractivity (Wildman–Crippen MR) is 143 cm³/mol. The average molecular weight is 524 g/mol. The minimum Gasteiger partial charge on any atom is -0.370 e. The van der Waals surface area contributed by atoms with Gasteiger partial charge in [0.25, 0.3) is 5.91 Å². The Balaban J connectivity index is 1.50. The molecule has 3 aromatic rings. The van der Waals surface area contributed by atoms with Gasteiger partial charge in [-0.1, -0.05) is 25.3 Å². The van der Waals surface area contributed by atoms with Gasteiger partial charge in [-0.15, -0.1) is 0 Å². The number of piperidine rings is 1. The number of carbonyl (C=O) groups excluding carboxylic acids is 1. The van der Waals surface area contributed by atoms with Crippen LogP contribution in [0.4, 0.5) is 19.1 Å². The van der Waals surface area contributed by atoms with Crippen LogP contribution in [0.15, 0.2) is 67.4 Å². The first-order chi connectivity index (χ1) is 18.2. The second kappa shape index (κ2) is 10.6. The molecular weight excluding hydrogens is 491 g/mol. The number of likely N-dealkylation sites (tertiary alicyclic amines) is 2. The van der Waals surface area contributed by atoms with Gasteiger partial charge in [-0.05, 0) is 80.7 Å². The van der Waals surface area contributed by atoms with Crippen LogP contribution in [-0.4, -0.2) is 51.4 Å². The zero-order valence-corrected chi connectivity index (χ0v) is 21.3. The van der Waals surface area contributed by atoms with E-state index >= 15 is 0 Å². The van der Waals surface area contributed by atoms with E-state index in [1.807, 2.05) is 16.7 Å². The molecule has 5 rings (SSSR count). The van der Waals surface area contributed by atoms with Crippen molar-refractivity contribution in [3.8, 4) is 0 Å². The molecule has 2 fully saturated rings. The summed E-state index contributed by atoms with van der Waals surface area (Å²) < 4.78 is 41.8. The molecule has 1 atom stereocenters. The Morgan fingerprint density at radius 2 is 1.89 bits per heavy atom. The third-order valence-electron chi connectivity index (χ3n) is 7.44. The molecule has 9 heteroatoms. The number of rotatable bonds is 7. The van der Waals surface area contributed by atoms with Gasteiger partial charge in [-0.2, -0.15) is 13.2 Å². The van der Waals surface area contributed by atoms with Crippen LogP contribution in [0.3, 0.4) is 0 Å². The first-order valence-electron chi connectivity index (χ1n) is 13.0. The lowest BCUT2D eigenvalue weighted by Crippen LogP contribution is -2.35. The molecule has 0 aliphatic carbocycles. The number of allylic oxidation sites excluding steroid dienone is 1. The fourth-order valence-corrected chi connectivity index (χ4v) is 5.47. The summed E-state index contributed by atoms with van der Waals surface area (Å²) in [5, 5.41) is 2.82. The molecule has 0 bridgehead atoms. The summed E-state index contributed by atoms with van der Waals surface area (Å²) in [5.41, 5.74) is 2.67. The Labute approximate surface area is 220 Å². The number of carbonyl (C=O) groups is 1. The van der Waals surface area contributed by atoms with Crippen molar-refractivity contribution in [3.63, 3.8) is 0 Å². The summed E-state index contributed by atoms with van der Waals surface area (Å²) in [6.07, 6.45) is 1.40. The summed E-state index contributed by atoms with van der Waals surface area (Å²) in [5.74, 6) is -0.301. The quantitative estimate of drug-likeness (QED) is 0.373. The van der Waals surface area contributed by atoms with Crippen molar-refractivity contribution in [2.75, 3.05) is 31.5 Å². The zero-order valence-electron chi connectivity index (χ0n) is 21.3. The minimum atomic E-state index is -4.53. The van der Waals surface area contributed by atoms with Crippen LogP contribution in [0.2, 0.25) is 0 Å². The van der Waals surface area contributed by atoms with E-state index in [-0.39, 0.29) is 11.6 Å². The lowest BCUT2D eigenvalue weighted by atomic mass is 10.0. The lowest BCUT2D eigenvalue weighted by Gasteiger charge is -2.36. The van der Waals surface area contributed by atoms with E-state index in [9.17, 15) is 18.0 Å². The Morgan fingerprint density at radius 1 is 1.11 bits per heavy atom. The number of anilines is 1. The highest BCUT2D eigenvalue weighted by molar-refractivity contribution is 6.04. The SMILES string of the molecule is C=CC(=C)N1CCC[C@@H](n2c(NC(=O)c3cccc(C(F)(F)F)c3)nc3cc(CN4CCCC4)ccc32)C1. The smallest absolute Gasteiger partial charge is 0.370 e. The summed E-state index contributed by atoms with van der Waals surface area (Å²) in [4.78, 5) is 22.5. The van der Waals surface area contributed by atoms with Crippen LogP contribution in [0.25, 0.3) is 11.0 Å². The monoisotopic (exact) mass is 523 g/mol. The fraction of sp³-hybridized carbons (Fsp3) is 0.379. The number of fused-ring (bicyclic) bond motifs is 1. The van der Waals surface area contributed by atoms with E-state index in [4.69, 9.17) is 4.98 Å². The van der Waals surface area contributed by atoms with E-state index in [2.05, 4.69) is 34.3 Å².